The second-order valence-electron chi connectivity index (χ2n) is 4.46. The first-order chi connectivity index (χ1) is 7.52. The van der Waals surface area contributed by atoms with Crippen LogP contribution in [0.5, 0.6) is 5.75 Å². The molecule has 1 aliphatic carbocycles. The Morgan fingerprint density at radius 3 is 2.19 bits per heavy atom. The Hall–Kier alpha value is -1.16. The van der Waals surface area contributed by atoms with E-state index in [4.69, 9.17) is 10.8 Å². The SMILES string of the molecule is NCC1(C(F)(F)c2ccc(O)cc2)CCC1. The third kappa shape index (κ3) is 1.48. The summed E-state index contributed by atoms with van der Waals surface area (Å²) in [5.74, 6) is -2.91. The normalized spacial score (nSPS) is 19.2. The van der Waals surface area contributed by atoms with E-state index in [2.05, 4.69) is 0 Å². The van der Waals surface area contributed by atoms with Gasteiger partial charge in [0, 0.05) is 12.1 Å². The minimum Gasteiger partial charge on any atom is -0.508 e. The fourth-order valence-electron chi connectivity index (χ4n) is 2.23. The molecule has 0 bridgehead atoms. The van der Waals surface area contributed by atoms with Gasteiger partial charge in [-0.25, -0.2) is 8.78 Å². The molecule has 16 heavy (non-hydrogen) atoms. The number of hydrogen-bond acceptors (Lipinski definition) is 2. The molecule has 0 atom stereocenters. The average Bonchev–Trinajstić information content (AvgIpc) is 2.17. The van der Waals surface area contributed by atoms with Gasteiger partial charge in [0.05, 0.1) is 5.41 Å². The summed E-state index contributed by atoms with van der Waals surface area (Å²) in [5, 5.41) is 9.08. The molecule has 0 heterocycles. The largest absolute Gasteiger partial charge is 0.508 e. The lowest BCUT2D eigenvalue weighted by Gasteiger charge is -2.46. The molecule has 1 aliphatic rings. The second kappa shape index (κ2) is 3.70. The van der Waals surface area contributed by atoms with E-state index in [0.29, 0.717) is 12.8 Å². The van der Waals surface area contributed by atoms with Crippen LogP contribution in [0.2, 0.25) is 0 Å². The molecule has 0 aromatic heterocycles. The van der Waals surface area contributed by atoms with E-state index in [0.717, 1.165) is 6.42 Å². The molecule has 4 heteroatoms. The molecule has 1 aromatic carbocycles. The second-order valence-corrected chi connectivity index (χ2v) is 4.46. The summed E-state index contributed by atoms with van der Waals surface area (Å²) < 4.78 is 28.5. The van der Waals surface area contributed by atoms with Gasteiger partial charge < -0.3 is 10.8 Å². The van der Waals surface area contributed by atoms with E-state index >= 15 is 0 Å². The Labute approximate surface area is 93.1 Å². The third-order valence-electron chi connectivity index (χ3n) is 3.60. The van der Waals surface area contributed by atoms with Crippen molar-refractivity contribution in [3.8, 4) is 5.75 Å². The summed E-state index contributed by atoms with van der Waals surface area (Å²) in [7, 11) is 0. The lowest BCUT2D eigenvalue weighted by molar-refractivity contribution is -0.164. The van der Waals surface area contributed by atoms with E-state index in [1.807, 2.05) is 0 Å². The molecule has 0 radical (unpaired) electrons. The highest BCUT2D eigenvalue weighted by atomic mass is 19.3. The molecule has 0 aliphatic heterocycles. The zero-order valence-corrected chi connectivity index (χ0v) is 8.92. The maximum atomic E-state index is 14.2. The molecule has 2 rings (SSSR count). The summed E-state index contributed by atoms with van der Waals surface area (Å²) in [4.78, 5) is 0. The Morgan fingerprint density at radius 2 is 1.81 bits per heavy atom. The summed E-state index contributed by atoms with van der Waals surface area (Å²) in [5.41, 5.74) is 4.35. The minimum absolute atomic E-state index is 0.000869. The van der Waals surface area contributed by atoms with Gasteiger partial charge in [-0.05, 0) is 37.1 Å². The summed E-state index contributed by atoms with van der Waals surface area (Å²) in [6.07, 6.45) is 1.75. The number of alkyl halides is 2. The van der Waals surface area contributed by atoms with E-state index in [1.54, 1.807) is 0 Å². The van der Waals surface area contributed by atoms with Crippen LogP contribution in [-0.4, -0.2) is 11.7 Å². The van der Waals surface area contributed by atoms with Gasteiger partial charge in [0.2, 0.25) is 0 Å². The number of rotatable bonds is 3. The van der Waals surface area contributed by atoms with Gasteiger partial charge in [0.25, 0.3) is 5.92 Å². The van der Waals surface area contributed by atoms with Gasteiger partial charge in [-0.1, -0.05) is 6.42 Å². The molecule has 0 amide bonds. The van der Waals surface area contributed by atoms with Crippen molar-refractivity contribution >= 4 is 0 Å². The predicted octanol–water partition coefficient (Wildman–Crippen LogP) is 2.61. The van der Waals surface area contributed by atoms with Crippen LogP contribution < -0.4 is 5.73 Å². The van der Waals surface area contributed by atoms with E-state index in [1.165, 1.54) is 24.3 Å². The Morgan fingerprint density at radius 1 is 1.25 bits per heavy atom. The number of halogens is 2. The van der Waals surface area contributed by atoms with Crippen molar-refractivity contribution in [1.29, 1.82) is 0 Å². The van der Waals surface area contributed by atoms with Gasteiger partial charge >= 0.3 is 0 Å². The first-order valence-electron chi connectivity index (χ1n) is 5.39. The highest BCUT2D eigenvalue weighted by molar-refractivity contribution is 5.30. The molecule has 88 valence electrons. The van der Waals surface area contributed by atoms with Crippen molar-refractivity contribution < 1.29 is 13.9 Å². The highest BCUT2D eigenvalue weighted by Crippen LogP contribution is 2.56. The standard InChI is InChI=1S/C12H15F2NO/c13-12(14,11(8-15)6-1-7-11)9-2-4-10(16)5-3-9/h2-5,16H,1,6-8,15H2. The zero-order chi connectivity index (χ0) is 11.8. The van der Waals surface area contributed by atoms with E-state index in [9.17, 15) is 8.78 Å². The maximum absolute atomic E-state index is 14.2. The lowest BCUT2D eigenvalue weighted by atomic mass is 9.63. The van der Waals surface area contributed by atoms with Crippen molar-refractivity contribution in [1.82, 2.24) is 0 Å². The topological polar surface area (TPSA) is 46.2 Å². The van der Waals surface area contributed by atoms with Crippen LogP contribution >= 0.6 is 0 Å². The monoisotopic (exact) mass is 227 g/mol. The maximum Gasteiger partial charge on any atom is 0.279 e. The Bertz CT molecular complexity index is 366. The molecule has 3 N–H and O–H groups in total. The summed E-state index contributed by atoms with van der Waals surface area (Å²) in [6, 6.07) is 5.11. The number of hydrogen-bond donors (Lipinski definition) is 2. The molecule has 0 spiro atoms. The zero-order valence-electron chi connectivity index (χ0n) is 8.92. The van der Waals surface area contributed by atoms with Gasteiger partial charge in [-0.15, -0.1) is 0 Å². The van der Waals surface area contributed by atoms with Crippen molar-refractivity contribution in [3.05, 3.63) is 29.8 Å². The number of nitrogens with two attached hydrogens (primary N) is 1. The minimum atomic E-state index is -2.91. The van der Waals surface area contributed by atoms with Crippen LogP contribution in [0.15, 0.2) is 24.3 Å². The van der Waals surface area contributed by atoms with Gasteiger partial charge in [0.1, 0.15) is 5.75 Å². The van der Waals surface area contributed by atoms with Gasteiger partial charge in [0.15, 0.2) is 0 Å². The lowest BCUT2D eigenvalue weighted by Crippen LogP contribution is -2.49. The first kappa shape index (κ1) is 11.3. The molecule has 0 unspecified atom stereocenters. The Kier molecular flexibility index (Phi) is 2.62. The first-order valence-corrected chi connectivity index (χ1v) is 5.39. The Balaban J connectivity index is 2.34. The van der Waals surface area contributed by atoms with Crippen molar-refractivity contribution in [2.24, 2.45) is 11.1 Å². The molecular weight excluding hydrogens is 212 g/mol. The molecule has 2 nitrogen and oxygen atoms in total. The number of aromatic hydroxyl groups is 1. The fraction of sp³-hybridized carbons (Fsp3) is 0.500. The van der Waals surface area contributed by atoms with Crippen LogP contribution in [0, 0.1) is 5.41 Å². The van der Waals surface area contributed by atoms with Gasteiger partial charge in [-0.3, -0.25) is 0 Å². The molecule has 1 saturated carbocycles. The fourth-order valence-corrected chi connectivity index (χ4v) is 2.23. The number of phenols is 1. The summed E-state index contributed by atoms with van der Waals surface area (Å²) in [6.45, 7) is 0.000869. The van der Waals surface area contributed by atoms with Crippen LogP contribution in [0.1, 0.15) is 24.8 Å². The van der Waals surface area contributed by atoms with E-state index < -0.39 is 11.3 Å². The van der Waals surface area contributed by atoms with Crippen molar-refractivity contribution in [2.75, 3.05) is 6.54 Å². The highest BCUT2D eigenvalue weighted by Gasteiger charge is 2.56. The molecule has 1 fully saturated rings. The number of phenolic OH excluding ortho intramolecular Hbond substituents is 1. The average molecular weight is 227 g/mol. The summed E-state index contributed by atoms with van der Waals surface area (Å²) >= 11 is 0. The van der Waals surface area contributed by atoms with Crippen LogP contribution in [0.3, 0.4) is 0 Å². The third-order valence-corrected chi connectivity index (χ3v) is 3.60. The van der Waals surface area contributed by atoms with Crippen molar-refractivity contribution in [2.45, 2.75) is 25.2 Å². The van der Waals surface area contributed by atoms with E-state index in [-0.39, 0.29) is 17.9 Å². The molecular formula is C12H15F2NO. The van der Waals surface area contributed by atoms with Crippen LogP contribution in [0.25, 0.3) is 0 Å². The predicted molar refractivity (Wildman–Crippen MR) is 57.3 cm³/mol. The smallest absolute Gasteiger partial charge is 0.279 e. The quantitative estimate of drug-likeness (QED) is 0.833. The molecule has 1 aromatic rings. The number of benzene rings is 1. The van der Waals surface area contributed by atoms with Crippen molar-refractivity contribution in [3.63, 3.8) is 0 Å². The van der Waals surface area contributed by atoms with Gasteiger partial charge in [-0.2, -0.15) is 0 Å². The van der Waals surface area contributed by atoms with Crippen LogP contribution in [0.4, 0.5) is 8.78 Å². The molecule has 0 saturated heterocycles. The van der Waals surface area contributed by atoms with Crippen LogP contribution in [-0.2, 0) is 5.92 Å².